The van der Waals surface area contributed by atoms with Crippen LogP contribution in [0.3, 0.4) is 0 Å². The summed E-state index contributed by atoms with van der Waals surface area (Å²) in [5.41, 5.74) is 0. The fraction of sp³-hybridized carbons (Fsp3) is 1.00. The Hall–Kier alpha value is 0.270. The molecule has 62 valence electrons. The summed E-state index contributed by atoms with van der Waals surface area (Å²) in [6.45, 7) is 1.87. The zero-order chi connectivity index (χ0) is 8.20. The molecule has 0 saturated carbocycles. The highest BCUT2D eigenvalue weighted by Gasteiger charge is 2.30. The predicted octanol–water partition coefficient (Wildman–Crippen LogP) is 3.50. The summed E-state index contributed by atoms with van der Waals surface area (Å²) in [6, 6.07) is 0. The molecule has 0 aromatic carbocycles. The summed E-state index contributed by atoms with van der Waals surface area (Å²) in [4.78, 5) is -0.405. The minimum absolute atomic E-state index is 0.405. The molecular weight excluding hydrogens is 209 g/mol. The average molecular weight is 219 g/mol. The van der Waals surface area contributed by atoms with Crippen molar-refractivity contribution in [2.24, 2.45) is 0 Å². The Kier molecular flexibility index (Phi) is 4.32. The lowest BCUT2D eigenvalue weighted by molar-refractivity contribution is -0.134. The highest BCUT2D eigenvalue weighted by atomic mass is 79.9. The Morgan fingerprint density at radius 3 is 2.20 bits per heavy atom. The summed E-state index contributed by atoms with van der Waals surface area (Å²) >= 11 is 2.95. The Labute approximate surface area is 66.9 Å². The van der Waals surface area contributed by atoms with Crippen molar-refractivity contribution < 1.29 is 13.2 Å². The van der Waals surface area contributed by atoms with E-state index in [0.717, 1.165) is 6.42 Å². The van der Waals surface area contributed by atoms with E-state index in [1.807, 2.05) is 6.92 Å². The van der Waals surface area contributed by atoms with Crippen molar-refractivity contribution in [3.8, 4) is 0 Å². The Morgan fingerprint density at radius 2 is 1.90 bits per heavy atom. The van der Waals surface area contributed by atoms with Crippen molar-refractivity contribution in [1.82, 2.24) is 0 Å². The van der Waals surface area contributed by atoms with Crippen LogP contribution in [-0.2, 0) is 0 Å². The minimum Gasteiger partial charge on any atom is -0.171 e. The highest BCUT2D eigenvalue weighted by Crippen LogP contribution is 2.26. The van der Waals surface area contributed by atoms with E-state index in [9.17, 15) is 13.2 Å². The number of hydrogen-bond donors (Lipinski definition) is 0. The first-order chi connectivity index (χ1) is 4.45. The summed E-state index contributed by atoms with van der Waals surface area (Å²) in [5.74, 6) is 0. The lowest BCUT2D eigenvalue weighted by Crippen LogP contribution is -2.14. The second-order valence-corrected chi connectivity index (χ2v) is 3.50. The highest BCUT2D eigenvalue weighted by molar-refractivity contribution is 9.09. The van der Waals surface area contributed by atoms with Crippen LogP contribution in [0.25, 0.3) is 0 Å². The van der Waals surface area contributed by atoms with Crippen molar-refractivity contribution >= 4 is 15.9 Å². The van der Waals surface area contributed by atoms with Gasteiger partial charge in [-0.3, -0.25) is 0 Å². The molecule has 1 atom stereocenters. The monoisotopic (exact) mass is 218 g/mol. The molecule has 4 heteroatoms. The molecule has 0 amide bonds. The quantitative estimate of drug-likeness (QED) is 0.637. The molecule has 0 rings (SSSR count). The third-order valence-electron chi connectivity index (χ3n) is 1.05. The maximum atomic E-state index is 11.6. The van der Waals surface area contributed by atoms with Crippen molar-refractivity contribution in [2.45, 2.75) is 37.2 Å². The second-order valence-electron chi connectivity index (χ2n) is 2.21. The summed E-state index contributed by atoms with van der Waals surface area (Å²) in [6.07, 6.45) is -3.38. The molecule has 0 fully saturated rings. The van der Waals surface area contributed by atoms with Gasteiger partial charge in [-0.25, -0.2) is 0 Å². The standard InChI is InChI=1S/C6H10BrF3/c1-2-3-5(7)4-6(8,9)10/h5H,2-4H2,1H3. The van der Waals surface area contributed by atoms with Crippen LogP contribution in [0.1, 0.15) is 26.2 Å². The van der Waals surface area contributed by atoms with Crippen LogP contribution in [0.15, 0.2) is 0 Å². The van der Waals surface area contributed by atoms with Gasteiger partial charge in [-0.05, 0) is 6.42 Å². The molecule has 1 unspecified atom stereocenters. The third-order valence-corrected chi connectivity index (χ3v) is 1.84. The summed E-state index contributed by atoms with van der Waals surface area (Å²) < 4.78 is 34.8. The lowest BCUT2D eigenvalue weighted by Gasteiger charge is -2.10. The van der Waals surface area contributed by atoms with Crippen LogP contribution in [0.4, 0.5) is 13.2 Å². The first kappa shape index (κ1) is 10.3. The van der Waals surface area contributed by atoms with E-state index in [2.05, 4.69) is 15.9 Å². The van der Waals surface area contributed by atoms with Crippen molar-refractivity contribution in [1.29, 1.82) is 0 Å². The van der Waals surface area contributed by atoms with Crippen molar-refractivity contribution in [3.63, 3.8) is 0 Å². The molecular formula is C6H10BrF3. The van der Waals surface area contributed by atoms with Gasteiger partial charge in [0.2, 0.25) is 0 Å². The van der Waals surface area contributed by atoms with Crippen molar-refractivity contribution in [3.05, 3.63) is 0 Å². The van der Waals surface area contributed by atoms with Crippen LogP contribution in [-0.4, -0.2) is 11.0 Å². The van der Waals surface area contributed by atoms with E-state index in [0.29, 0.717) is 6.42 Å². The number of hydrogen-bond acceptors (Lipinski definition) is 0. The van der Waals surface area contributed by atoms with E-state index in [4.69, 9.17) is 0 Å². The SMILES string of the molecule is CCCC(Br)CC(F)(F)F. The van der Waals surface area contributed by atoms with Gasteiger partial charge in [0.05, 0.1) is 6.42 Å². The van der Waals surface area contributed by atoms with E-state index in [1.165, 1.54) is 0 Å². The van der Waals surface area contributed by atoms with Crippen LogP contribution in [0.2, 0.25) is 0 Å². The van der Waals surface area contributed by atoms with Gasteiger partial charge >= 0.3 is 6.18 Å². The largest absolute Gasteiger partial charge is 0.390 e. The van der Waals surface area contributed by atoms with E-state index >= 15 is 0 Å². The summed E-state index contributed by atoms with van der Waals surface area (Å²) in [5, 5.41) is 0. The smallest absolute Gasteiger partial charge is 0.171 e. The Balaban J connectivity index is 3.47. The fourth-order valence-corrected chi connectivity index (χ4v) is 1.49. The molecule has 0 aliphatic heterocycles. The van der Waals surface area contributed by atoms with Crippen LogP contribution in [0, 0.1) is 0 Å². The molecule has 0 bridgehead atoms. The zero-order valence-corrected chi connectivity index (χ0v) is 7.30. The predicted molar refractivity (Wildman–Crippen MR) is 38.3 cm³/mol. The van der Waals surface area contributed by atoms with Gasteiger partial charge in [0.15, 0.2) is 0 Å². The van der Waals surface area contributed by atoms with Gasteiger partial charge < -0.3 is 0 Å². The minimum atomic E-state index is -4.02. The normalized spacial score (nSPS) is 15.3. The van der Waals surface area contributed by atoms with E-state index in [1.54, 1.807) is 0 Å². The van der Waals surface area contributed by atoms with Gasteiger partial charge in [-0.2, -0.15) is 13.2 Å². The molecule has 10 heavy (non-hydrogen) atoms. The Bertz CT molecular complexity index is 89.5. The maximum Gasteiger partial charge on any atom is 0.390 e. The van der Waals surface area contributed by atoms with E-state index in [-0.39, 0.29) is 0 Å². The van der Waals surface area contributed by atoms with Gasteiger partial charge in [0, 0.05) is 4.83 Å². The molecule has 0 saturated heterocycles. The first-order valence-corrected chi connectivity index (χ1v) is 4.08. The van der Waals surface area contributed by atoms with Crippen LogP contribution >= 0.6 is 15.9 Å². The molecule has 0 aromatic heterocycles. The van der Waals surface area contributed by atoms with Gasteiger partial charge in [0.25, 0.3) is 0 Å². The molecule has 0 spiro atoms. The van der Waals surface area contributed by atoms with Crippen LogP contribution in [0.5, 0.6) is 0 Å². The van der Waals surface area contributed by atoms with E-state index < -0.39 is 17.4 Å². The fourth-order valence-electron chi connectivity index (χ4n) is 0.666. The van der Waals surface area contributed by atoms with Gasteiger partial charge in [0.1, 0.15) is 0 Å². The molecule has 0 aliphatic carbocycles. The number of alkyl halides is 4. The first-order valence-electron chi connectivity index (χ1n) is 3.16. The maximum absolute atomic E-state index is 11.6. The third kappa shape index (κ3) is 6.39. The number of rotatable bonds is 3. The van der Waals surface area contributed by atoms with Crippen molar-refractivity contribution in [2.75, 3.05) is 0 Å². The van der Waals surface area contributed by atoms with Gasteiger partial charge in [-0.15, -0.1) is 0 Å². The molecule has 0 aromatic rings. The molecule has 0 radical (unpaired) electrons. The second kappa shape index (κ2) is 4.21. The molecule has 0 N–H and O–H groups in total. The lowest BCUT2D eigenvalue weighted by atomic mass is 10.2. The topological polar surface area (TPSA) is 0 Å². The average Bonchev–Trinajstić information content (AvgIpc) is 1.59. The zero-order valence-electron chi connectivity index (χ0n) is 5.71. The molecule has 0 nitrogen and oxygen atoms in total. The Morgan fingerprint density at radius 1 is 1.40 bits per heavy atom. The number of halogens is 4. The van der Waals surface area contributed by atoms with Crippen LogP contribution < -0.4 is 0 Å². The molecule has 0 aliphatic rings. The van der Waals surface area contributed by atoms with Gasteiger partial charge in [-0.1, -0.05) is 29.3 Å². The summed E-state index contributed by atoms with van der Waals surface area (Å²) in [7, 11) is 0. The molecule has 0 heterocycles.